The van der Waals surface area contributed by atoms with Gasteiger partial charge in [-0.1, -0.05) is 25.0 Å². The molecule has 0 aliphatic heterocycles. The Kier molecular flexibility index (Phi) is 10.2. The molecule has 0 saturated carbocycles. The predicted molar refractivity (Wildman–Crippen MR) is 56.3 cm³/mol. The van der Waals surface area contributed by atoms with Gasteiger partial charge in [-0.15, -0.1) is 0 Å². The summed E-state index contributed by atoms with van der Waals surface area (Å²) in [6.07, 6.45) is 13.4. The normalized spacial score (nSPS) is 11.1. The molecule has 11 heavy (non-hydrogen) atoms. The van der Waals surface area contributed by atoms with E-state index in [-0.39, 0.29) is 0 Å². The Morgan fingerprint density at radius 2 is 1.82 bits per heavy atom. The SMILES string of the molecule is C/C=C/CCCCCCSC. The molecule has 0 bridgehead atoms. The second kappa shape index (κ2) is 10.1. The molecule has 0 aromatic rings. The molecule has 0 aromatic heterocycles. The Hall–Kier alpha value is 0.0900. The highest BCUT2D eigenvalue weighted by Gasteiger charge is 1.87. The summed E-state index contributed by atoms with van der Waals surface area (Å²) >= 11 is 1.96. The van der Waals surface area contributed by atoms with Crippen LogP contribution in [0.25, 0.3) is 0 Å². The zero-order valence-corrected chi connectivity index (χ0v) is 8.62. The number of unbranched alkanes of at least 4 members (excludes halogenated alkanes) is 4. The first-order valence-electron chi connectivity index (χ1n) is 4.52. The molecule has 0 atom stereocenters. The third-order valence-electron chi connectivity index (χ3n) is 1.70. The molecule has 0 fully saturated rings. The maximum Gasteiger partial charge on any atom is -0.00703 e. The number of thioether (sulfide) groups is 1. The van der Waals surface area contributed by atoms with E-state index in [1.54, 1.807) is 0 Å². The Morgan fingerprint density at radius 1 is 1.09 bits per heavy atom. The molecule has 0 nitrogen and oxygen atoms in total. The molecule has 0 saturated heterocycles. The molecule has 0 radical (unpaired) electrons. The van der Waals surface area contributed by atoms with Crippen LogP contribution in [0.1, 0.15) is 39.0 Å². The lowest BCUT2D eigenvalue weighted by atomic mass is 10.1. The van der Waals surface area contributed by atoms with Gasteiger partial charge >= 0.3 is 0 Å². The van der Waals surface area contributed by atoms with Crippen molar-refractivity contribution in [1.29, 1.82) is 0 Å². The van der Waals surface area contributed by atoms with Crippen molar-refractivity contribution in [2.24, 2.45) is 0 Å². The molecule has 0 unspecified atom stereocenters. The van der Waals surface area contributed by atoms with Crippen molar-refractivity contribution in [1.82, 2.24) is 0 Å². The van der Waals surface area contributed by atoms with Gasteiger partial charge < -0.3 is 0 Å². The van der Waals surface area contributed by atoms with E-state index in [1.165, 1.54) is 37.9 Å². The van der Waals surface area contributed by atoms with Crippen LogP contribution >= 0.6 is 11.8 Å². The first-order chi connectivity index (χ1) is 5.41. The standard InChI is InChI=1S/C10H20S/c1-3-4-5-6-7-8-9-10-11-2/h3-4H,5-10H2,1-2H3/b4-3+. The monoisotopic (exact) mass is 172 g/mol. The van der Waals surface area contributed by atoms with E-state index >= 15 is 0 Å². The third kappa shape index (κ3) is 10.1. The van der Waals surface area contributed by atoms with Gasteiger partial charge in [0.25, 0.3) is 0 Å². The van der Waals surface area contributed by atoms with Gasteiger partial charge in [0.1, 0.15) is 0 Å². The maximum atomic E-state index is 2.26. The Morgan fingerprint density at radius 3 is 2.45 bits per heavy atom. The van der Waals surface area contributed by atoms with Crippen LogP contribution in [-0.2, 0) is 0 Å². The minimum Gasteiger partial charge on any atom is -0.165 e. The summed E-state index contributed by atoms with van der Waals surface area (Å²) in [5.74, 6) is 1.34. The maximum absolute atomic E-state index is 2.26. The molecular weight excluding hydrogens is 152 g/mol. The number of allylic oxidation sites excluding steroid dienone is 2. The van der Waals surface area contributed by atoms with Crippen LogP contribution in [0.2, 0.25) is 0 Å². The lowest BCUT2D eigenvalue weighted by Gasteiger charge is -1.96. The fourth-order valence-corrected chi connectivity index (χ4v) is 1.52. The van der Waals surface area contributed by atoms with Crippen molar-refractivity contribution in [2.75, 3.05) is 12.0 Å². The van der Waals surface area contributed by atoms with Crippen LogP contribution in [0.4, 0.5) is 0 Å². The van der Waals surface area contributed by atoms with Gasteiger partial charge in [0.15, 0.2) is 0 Å². The zero-order chi connectivity index (χ0) is 8.36. The highest BCUT2D eigenvalue weighted by Crippen LogP contribution is 2.06. The molecular formula is C10H20S. The van der Waals surface area contributed by atoms with Gasteiger partial charge in [-0.2, -0.15) is 11.8 Å². The highest BCUT2D eigenvalue weighted by molar-refractivity contribution is 7.98. The van der Waals surface area contributed by atoms with Gasteiger partial charge in [0.05, 0.1) is 0 Å². The minimum absolute atomic E-state index is 1.27. The summed E-state index contributed by atoms with van der Waals surface area (Å²) < 4.78 is 0. The van der Waals surface area contributed by atoms with Crippen LogP contribution in [0.3, 0.4) is 0 Å². The van der Waals surface area contributed by atoms with Crippen molar-refractivity contribution >= 4 is 11.8 Å². The van der Waals surface area contributed by atoms with Gasteiger partial charge in [0, 0.05) is 0 Å². The van der Waals surface area contributed by atoms with E-state index in [1.807, 2.05) is 11.8 Å². The average Bonchev–Trinajstić information content (AvgIpc) is 2.03. The summed E-state index contributed by atoms with van der Waals surface area (Å²) in [6, 6.07) is 0. The van der Waals surface area contributed by atoms with Crippen LogP contribution in [0, 0.1) is 0 Å². The number of hydrogen-bond acceptors (Lipinski definition) is 1. The lowest BCUT2D eigenvalue weighted by molar-refractivity contribution is 0.678. The summed E-state index contributed by atoms with van der Waals surface area (Å²) in [5, 5.41) is 0. The van der Waals surface area contributed by atoms with Crippen LogP contribution < -0.4 is 0 Å². The van der Waals surface area contributed by atoms with Gasteiger partial charge in [-0.3, -0.25) is 0 Å². The molecule has 0 N–H and O–H groups in total. The van der Waals surface area contributed by atoms with Crippen molar-refractivity contribution in [3.8, 4) is 0 Å². The van der Waals surface area contributed by atoms with E-state index in [4.69, 9.17) is 0 Å². The molecule has 1 heteroatoms. The molecule has 0 rings (SSSR count). The summed E-state index contributed by atoms with van der Waals surface area (Å²) in [4.78, 5) is 0. The van der Waals surface area contributed by atoms with E-state index in [0.717, 1.165) is 0 Å². The Bertz CT molecular complexity index is 86.9. The predicted octanol–water partition coefficient (Wildman–Crippen LogP) is 3.88. The summed E-state index contributed by atoms with van der Waals surface area (Å²) in [6.45, 7) is 2.09. The highest BCUT2D eigenvalue weighted by atomic mass is 32.2. The second-order valence-electron chi connectivity index (χ2n) is 2.76. The van der Waals surface area contributed by atoms with Crippen LogP contribution in [-0.4, -0.2) is 12.0 Å². The van der Waals surface area contributed by atoms with Crippen molar-refractivity contribution < 1.29 is 0 Å². The molecule has 0 aliphatic carbocycles. The largest absolute Gasteiger partial charge is 0.165 e. The lowest BCUT2D eigenvalue weighted by Crippen LogP contribution is -1.79. The van der Waals surface area contributed by atoms with Gasteiger partial charge in [0.2, 0.25) is 0 Å². The molecule has 0 heterocycles. The first kappa shape index (κ1) is 11.1. The number of rotatable bonds is 7. The number of hydrogen-bond donors (Lipinski definition) is 0. The fourth-order valence-electron chi connectivity index (χ4n) is 1.03. The average molecular weight is 172 g/mol. The van der Waals surface area contributed by atoms with Gasteiger partial charge in [-0.25, -0.2) is 0 Å². The van der Waals surface area contributed by atoms with Crippen LogP contribution in [0.15, 0.2) is 12.2 Å². The van der Waals surface area contributed by atoms with E-state index in [9.17, 15) is 0 Å². The van der Waals surface area contributed by atoms with Crippen molar-refractivity contribution in [3.63, 3.8) is 0 Å². The third-order valence-corrected chi connectivity index (χ3v) is 2.40. The Balaban J connectivity index is 2.79. The topological polar surface area (TPSA) is 0 Å². The molecule has 0 aromatic carbocycles. The van der Waals surface area contributed by atoms with E-state index in [0.29, 0.717) is 0 Å². The minimum atomic E-state index is 1.27. The summed E-state index contributed by atoms with van der Waals surface area (Å²) in [5.41, 5.74) is 0. The summed E-state index contributed by atoms with van der Waals surface area (Å²) in [7, 11) is 0. The first-order valence-corrected chi connectivity index (χ1v) is 5.91. The second-order valence-corrected chi connectivity index (χ2v) is 3.75. The van der Waals surface area contributed by atoms with E-state index in [2.05, 4.69) is 25.3 Å². The molecule has 0 aliphatic rings. The molecule has 0 amide bonds. The van der Waals surface area contributed by atoms with Gasteiger partial charge in [-0.05, 0) is 38.2 Å². The zero-order valence-electron chi connectivity index (χ0n) is 7.81. The Labute approximate surface area is 75.5 Å². The van der Waals surface area contributed by atoms with Crippen LogP contribution in [0.5, 0.6) is 0 Å². The van der Waals surface area contributed by atoms with Crippen molar-refractivity contribution in [3.05, 3.63) is 12.2 Å². The van der Waals surface area contributed by atoms with E-state index < -0.39 is 0 Å². The molecule has 66 valence electrons. The molecule has 0 spiro atoms. The quantitative estimate of drug-likeness (QED) is 0.415. The fraction of sp³-hybridized carbons (Fsp3) is 0.800. The smallest absolute Gasteiger partial charge is 0.00703 e. The van der Waals surface area contributed by atoms with Crippen molar-refractivity contribution in [2.45, 2.75) is 39.0 Å².